The number of amides is 1. The molecule has 5 heteroatoms. The lowest BCUT2D eigenvalue weighted by atomic mass is 10.2. The lowest BCUT2D eigenvalue weighted by molar-refractivity contribution is 0.0740. The topological polar surface area (TPSA) is 68.7 Å². The van der Waals surface area contributed by atoms with E-state index in [-0.39, 0.29) is 12.5 Å². The zero-order valence-electron chi connectivity index (χ0n) is 12.3. The van der Waals surface area contributed by atoms with Crippen molar-refractivity contribution in [1.82, 2.24) is 4.90 Å². The molecule has 0 radical (unpaired) electrons. The maximum atomic E-state index is 12.1. The van der Waals surface area contributed by atoms with Gasteiger partial charge in [-0.15, -0.1) is 0 Å². The van der Waals surface area contributed by atoms with Gasteiger partial charge in [-0.1, -0.05) is 18.2 Å². The van der Waals surface area contributed by atoms with Gasteiger partial charge in [0, 0.05) is 7.05 Å². The Morgan fingerprint density at radius 2 is 2.05 bits per heavy atom. The van der Waals surface area contributed by atoms with Crippen molar-refractivity contribution in [1.29, 1.82) is 0 Å². The molecule has 0 fully saturated rings. The Kier molecular flexibility index (Phi) is 5.00. The number of nitrogens with zero attached hydrogens (tertiary/aromatic N) is 1. The number of aryl methyl sites for hydroxylation is 1. The molecule has 1 aromatic carbocycles. The van der Waals surface area contributed by atoms with Crippen LogP contribution in [0.25, 0.3) is 0 Å². The average molecular weight is 288 g/mol. The second-order valence-corrected chi connectivity index (χ2v) is 4.81. The molecule has 112 valence electrons. The molecule has 1 amide bonds. The summed E-state index contributed by atoms with van der Waals surface area (Å²) in [6, 6.07) is 11.1. The molecule has 1 aromatic heterocycles. The van der Waals surface area contributed by atoms with E-state index < -0.39 is 0 Å². The van der Waals surface area contributed by atoms with Crippen molar-refractivity contribution in [2.75, 3.05) is 20.2 Å². The first-order valence-electron chi connectivity index (χ1n) is 6.84. The zero-order valence-corrected chi connectivity index (χ0v) is 12.3. The Balaban J connectivity index is 1.85. The van der Waals surface area contributed by atoms with Gasteiger partial charge in [-0.2, -0.15) is 0 Å². The van der Waals surface area contributed by atoms with Gasteiger partial charge in [-0.3, -0.25) is 4.79 Å². The molecule has 0 saturated heterocycles. The number of carbonyl (C=O) groups is 1. The van der Waals surface area contributed by atoms with Crippen LogP contribution in [-0.4, -0.2) is 31.0 Å². The number of hydrogen-bond donors (Lipinski definition) is 1. The van der Waals surface area contributed by atoms with E-state index in [1.165, 1.54) is 0 Å². The van der Waals surface area contributed by atoms with Crippen LogP contribution in [0.5, 0.6) is 5.75 Å². The summed E-state index contributed by atoms with van der Waals surface area (Å²) in [5, 5.41) is 0. The van der Waals surface area contributed by atoms with Crippen molar-refractivity contribution < 1.29 is 13.9 Å². The summed E-state index contributed by atoms with van der Waals surface area (Å²) >= 11 is 0. The van der Waals surface area contributed by atoms with Gasteiger partial charge in [-0.05, 0) is 30.7 Å². The van der Waals surface area contributed by atoms with E-state index in [1.54, 1.807) is 24.1 Å². The van der Waals surface area contributed by atoms with Crippen LogP contribution in [0, 0.1) is 6.92 Å². The number of nitrogens with two attached hydrogens (primary N) is 1. The number of ether oxygens (including phenoxy) is 1. The molecule has 0 aliphatic rings. The van der Waals surface area contributed by atoms with Gasteiger partial charge in [0.25, 0.3) is 5.91 Å². The first kappa shape index (κ1) is 15.1. The number of hydrogen-bond acceptors (Lipinski definition) is 4. The van der Waals surface area contributed by atoms with Crippen LogP contribution in [0.4, 0.5) is 0 Å². The van der Waals surface area contributed by atoms with Crippen LogP contribution in [-0.2, 0) is 6.54 Å². The Labute approximate surface area is 124 Å². The quantitative estimate of drug-likeness (QED) is 0.884. The molecule has 2 aromatic rings. The Morgan fingerprint density at radius 3 is 2.71 bits per heavy atom. The lowest BCUT2D eigenvalue weighted by Crippen LogP contribution is -2.30. The van der Waals surface area contributed by atoms with E-state index in [0.717, 1.165) is 11.3 Å². The van der Waals surface area contributed by atoms with E-state index in [9.17, 15) is 4.79 Å². The maximum Gasteiger partial charge on any atom is 0.289 e. The highest BCUT2D eigenvalue weighted by atomic mass is 16.5. The van der Waals surface area contributed by atoms with Crippen LogP contribution in [0.2, 0.25) is 0 Å². The first-order chi connectivity index (χ1) is 10.1. The van der Waals surface area contributed by atoms with E-state index in [4.69, 9.17) is 14.9 Å². The molecule has 2 N–H and O–H groups in total. The monoisotopic (exact) mass is 288 g/mol. The third kappa shape index (κ3) is 3.86. The lowest BCUT2D eigenvalue weighted by Gasteiger charge is -2.16. The summed E-state index contributed by atoms with van der Waals surface area (Å²) in [6.07, 6.45) is 0. The molecule has 21 heavy (non-hydrogen) atoms. The fraction of sp³-hybridized carbons (Fsp3) is 0.312. The van der Waals surface area contributed by atoms with E-state index in [2.05, 4.69) is 0 Å². The van der Waals surface area contributed by atoms with Gasteiger partial charge in [0.2, 0.25) is 0 Å². The Bertz CT molecular complexity index is 607. The normalized spacial score (nSPS) is 10.4. The predicted molar refractivity (Wildman–Crippen MR) is 80.2 cm³/mol. The van der Waals surface area contributed by atoms with Gasteiger partial charge in [-0.25, -0.2) is 0 Å². The van der Waals surface area contributed by atoms with Crippen molar-refractivity contribution >= 4 is 5.91 Å². The number of likely N-dealkylation sites (N-methyl/N-ethyl adjacent to an activating group) is 1. The van der Waals surface area contributed by atoms with Crippen LogP contribution in [0.15, 0.2) is 40.8 Å². The largest absolute Gasteiger partial charge is 0.491 e. The molecule has 0 saturated carbocycles. The van der Waals surface area contributed by atoms with Crippen LogP contribution >= 0.6 is 0 Å². The second-order valence-electron chi connectivity index (χ2n) is 4.81. The maximum absolute atomic E-state index is 12.1. The minimum atomic E-state index is -0.178. The molecule has 0 bridgehead atoms. The van der Waals surface area contributed by atoms with Crippen LogP contribution < -0.4 is 10.5 Å². The molecule has 2 rings (SSSR count). The number of furan rings is 1. The van der Waals surface area contributed by atoms with E-state index in [0.29, 0.717) is 24.7 Å². The van der Waals surface area contributed by atoms with Crippen molar-refractivity contribution in [2.24, 2.45) is 5.73 Å². The first-order valence-corrected chi connectivity index (χ1v) is 6.84. The van der Waals surface area contributed by atoms with Crippen molar-refractivity contribution in [2.45, 2.75) is 13.5 Å². The molecular formula is C16H20N2O3. The summed E-state index contributed by atoms with van der Waals surface area (Å²) in [7, 11) is 1.72. The number of rotatable bonds is 6. The molecule has 1 heterocycles. The van der Waals surface area contributed by atoms with Gasteiger partial charge in [0.05, 0.1) is 13.1 Å². The van der Waals surface area contributed by atoms with Crippen molar-refractivity contribution in [3.8, 4) is 5.75 Å². The number of carbonyl (C=O) groups excluding carboxylic acids is 1. The Hall–Kier alpha value is -2.27. The van der Waals surface area contributed by atoms with Crippen molar-refractivity contribution in [3.05, 3.63) is 53.5 Å². The number of benzene rings is 1. The zero-order chi connectivity index (χ0) is 15.2. The SMILES string of the molecule is Cc1ccccc1OCCN(C)C(=O)c1ccc(CN)o1. The minimum absolute atomic E-state index is 0.178. The standard InChI is InChI=1S/C16H20N2O3/c1-12-5-3-4-6-14(12)20-10-9-18(2)16(19)15-8-7-13(11-17)21-15/h3-8H,9-11,17H2,1-2H3. The summed E-state index contributed by atoms with van der Waals surface area (Å²) in [6.45, 7) is 3.18. The predicted octanol–water partition coefficient (Wildman–Crippen LogP) is 2.20. The highest BCUT2D eigenvalue weighted by molar-refractivity contribution is 5.91. The average Bonchev–Trinajstić information content (AvgIpc) is 2.97. The van der Waals surface area contributed by atoms with Gasteiger partial charge in [0.15, 0.2) is 5.76 Å². The Morgan fingerprint density at radius 1 is 1.29 bits per heavy atom. The smallest absolute Gasteiger partial charge is 0.289 e. The molecule has 5 nitrogen and oxygen atoms in total. The summed E-state index contributed by atoms with van der Waals surface area (Å²) < 4.78 is 11.0. The van der Waals surface area contributed by atoms with E-state index in [1.807, 2.05) is 31.2 Å². The summed E-state index contributed by atoms with van der Waals surface area (Å²) in [4.78, 5) is 13.7. The van der Waals surface area contributed by atoms with Crippen molar-refractivity contribution in [3.63, 3.8) is 0 Å². The number of para-hydroxylation sites is 1. The minimum Gasteiger partial charge on any atom is -0.491 e. The fourth-order valence-electron chi connectivity index (χ4n) is 1.90. The fourth-order valence-corrected chi connectivity index (χ4v) is 1.90. The third-order valence-corrected chi connectivity index (χ3v) is 3.20. The third-order valence-electron chi connectivity index (χ3n) is 3.20. The molecule has 0 aliphatic heterocycles. The highest BCUT2D eigenvalue weighted by Crippen LogP contribution is 2.16. The van der Waals surface area contributed by atoms with Crippen LogP contribution in [0.1, 0.15) is 21.9 Å². The van der Waals surface area contributed by atoms with E-state index >= 15 is 0 Å². The van der Waals surface area contributed by atoms with Gasteiger partial charge in [0.1, 0.15) is 18.1 Å². The van der Waals surface area contributed by atoms with Crippen LogP contribution in [0.3, 0.4) is 0 Å². The molecule has 0 atom stereocenters. The summed E-state index contributed by atoms with van der Waals surface area (Å²) in [5.41, 5.74) is 6.53. The summed E-state index contributed by atoms with van der Waals surface area (Å²) in [5.74, 6) is 1.56. The second kappa shape index (κ2) is 6.95. The molecule has 0 unspecified atom stereocenters. The molecular weight excluding hydrogens is 268 g/mol. The molecule has 0 aliphatic carbocycles. The van der Waals surface area contributed by atoms with Gasteiger partial charge >= 0.3 is 0 Å². The highest BCUT2D eigenvalue weighted by Gasteiger charge is 2.15. The molecule has 0 spiro atoms. The van der Waals surface area contributed by atoms with Gasteiger partial charge < -0.3 is 19.8 Å².